The van der Waals surface area contributed by atoms with Crippen LogP contribution in [0.1, 0.15) is 31.2 Å². The molecule has 2 aliphatic heterocycles. The highest BCUT2D eigenvalue weighted by molar-refractivity contribution is 9.13. The molecule has 55 heavy (non-hydrogen) atoms. The van der Waals surface area contributed by atoms with Crippen molar-refractivity contribution >= 4 is 95.5 Å². The van der Waals surface area contributed by atoms with Crippen LogP contribution in [0.3, 0.4) is 0 Å². The number of aromatic hydroxyl groups is 1. The van der Waals surface area contributed by atoms with Crippen molar-refractivity contribution in [3.8, 4) is 11.5 Å². The van der Waals surface area contributed by atoms with Crippen molar-refractivity contribution in [1.29, 1.82) is 0 Å². The lowest BCUT2D eigenvalue weighted by Gasteiger charge is -2.49. The van der Waals surface area contributed by atoms with Crippen LogP contribution < -0.4 is 19.4 Å². The van der Waals surface area contributed by atoms with Crippen LogP contribution in [0.2, 0.25) is 5.02 Å². The zero-order valence-corrected chi connectivity index (χ0v) is 33.1. The number of fused-ring (bicyclic) bond motifs is 4. The molecule has 1 N–H and O–H groups in total. The minimum atomic E-state index is -1.55. The fourth-order valence-electron chi connectivity index (χ4n) is 8.92. The van der Waals surface area contributed by atoms with Crippen LogP contribution in [0, 0.1) is 55.1 Å². The Morgan fingerprint density at radius 1 is 0.945 bits per heavy atom. The van der Waals surface area contributed by atoms with Gasteiger partial charge in [-0.3, -0.25) is 39.4 Å². The summed E-state index contributed by atoms with van der Waals surface area (Å²) in [4.78, 5) is 83.6. The number of hydrogen-bond donors (Lipinski definition) is 1. The number of carbonyl (C=O) groups is 4. The molecule has 6 atom stereocenters. The SMILES string of the molecule is COc1cc(C2C3=CCC4C(=O)N(c5cc([N+](=O)[O-])c(N(C)C)c([N+](=O)[O-])c5)C(=O)C4C3CC3C(=O)N(c4ccc(F)c(Cl)c4)C(=O)C32C)c(Br)c(Br)c1O. The maximum absolute atomic E-state index is 14.8. The van der Waals surface area contributed by atoms with E-state index in [2.05, 4.69) is 31.9 Å². The number of nitro groups is 2. The summed E-state index contributed by atoms with van der Waals surface area (Å²) in [6.07, 6.45) is 1.65. The van der Waals surface area contributed by atoms with Crippen LogP contribution in [-0.4, -0.2) is 59.8 Å². The molecule has 0 radical (unpaired) electrons. The third kappa shape index (κ3) is 5.46. The van der Waals surface area contributed by atoms with Gasteiger partial charge in [-0.2, -0.15) is 0 Å². The van der Waals surface area contributed by atoms with E-state index in [1.54, 1.807) is 13.0 Å². The molecule has 15 nitrogen and oxygen atoms in total. The molecule has 2 aliphatic carbocycles. The van der Waals surface area contributed by atoms with Crippen LogP contribution in [0.15, 0.2) is 57.0 Å². The first-order chi connectivity index (χ1) is 25.9. The monoisotopic (exact) mass is 903 g/mol. The van der Waals surface area contributed by atoms with Gasteiger partial charge in [0, 0.05) is 36.6 Å². The number of halogens is 4. The molecule has 3 aromatic rings. The summed E-state index contributed by atoms with van der Waals surface area (Å²) in [7, 11) is 4.11. The predicted octanol–water partition coefficient (Wildman–Crippen LogP) is 7.04. The Hall–Kier alpha value is -4.94. The van der Waals surface area contributed by atoms with Crippen LogP contribution in [0.5, 0.6) is 11.5 Å². The molecule has 4 aliphatic rings. The fourth-order valence-corrected chi connectivity index (χ4v) is 10.0. The summed E-state index contributed by atoms with van der Waals surface area (Å²) in [6.45, 7) is 1.62. The number of allylic oxidation sites excluding steroid dienone is 2. The second-order valence-corrected chi connectivity index (χ2v) is 16.2. The third-order valence-corrected chi connectivity index (χ3v) is 13.7. The summed E-state index contributed by atoms with van der Waals surface area (Å²) < 4.78 is 20.2. The Labute approximate surface area is 333 Å². The molecule has 2 saturated heterocycles. The molecule has 0 spiro atoms. The molecular formula is C36H29Br2ClFN5O10. The van der Waals surface area contributed by atoms with E-state index >= 15 is 0 Å². The van der Waals surface area contributed by atoms with Crippen LogP contribution in [0.25, 0.3) is 0 Å². The molecule has 2 heterocycles. The highest BCUT2D eigenvalue weighted by Crippen LogP contribution is 2.65. The van der Waals surface area contributed by atoms with E-state index in [-0.39, 0.29) is 50.9 Å². The first-order valence-corrected chi connectivity index (χ1v) is 18.6. The quantitative estimate of drug-likeness (QED) is 0.111. The second kappa shape index (κ2) is 13.4. The van der Waals surface area contributed by atoms with Crippen molar-refractivity contribution in [2.75, 3.05) is 35.9 Å². The predicted molar refractivity (Wildman–Crippen MR) is 203 cm³/mol. The van der Waals surface area contributed by atoms with Gasteiger partial charge in [0.2, 0.25) is 23.6 Å². The Morgan fingerprint density at radius 3 is 2.15 bits per heavy atom. The number of phenols is 1. The largest absolute Gasteiger partial charge is 0.503 e. The molecule has 0 bridgehead atoms. The Bertz CT molecular complexity index is 2310. The maximum atomic E-state index is 14.8. The van der Waals surface area contributed by atoms with Crippen molar-refractivity contribution in [2.45, 2.75) is 25.7 Å². The molecular weight excluding hydrogens is 877 g/mol. The van der Waals surface area contributed by atoms with Gasteiger partial charge in [-0.05, 0) is 87.4 Å². The second-order valence-electron chi connectivity index (χ2n) is 14.2. The van der Waals surface area contributed by atoms with Gasteiger partial charge in [0.1, 0.15) is 5.82 Å². The highest BCUT2D eigenvalue weighted by Gasteiger charge is 2.68. The smallest absolute Gasteiger partial charge is 0.301 e. The van der Waals surface area contributed by atoms with Crippen molar-refractivity contribution < 1.29 is 43.3 Å². The minimum Gasteiger partial charge on any atom is -0.503 e. The summed E-state index contributed by atoms with van der Waals surface area (Å²) in [6, 6.07) is 6.86. The average molecular weight is 906 g/mol. The molecule has 4 amide bonds. The Kier molecular flexibility index (Phi) is 9.32. The average Bonchev–Trinajstić information content (AvgIpc) is 3.50. The van der Waals surface area contributed by atoms with Gasteiger partial charge >= 0.3 is 11.4 Å². The molecule has 7 rings (SSSR count). The van der Waals surface area contributed by atoms with Crippen LogP contribution >= 0.6 is 43.5 Å². The molecule has 19 heteroatoms. The van der Waals surface area contributed by atoms with E-state index in [0.29, 0.717) is 15.6 Å². The van der Waals surface area contributed by atoms with E-state index in [1.165, 1.54) is 38.2 Å². The normalized spacial score (nSPS) is 25.7. The van der Waals surface area contributed by atoms with Crippen molar-refractivity contribution in [2.24, 2.45) is 29.1 Å². The number of imide groups is 2. The van der Waals surface area contributed by atoms with Crippen molar-refractivity contribution in [3.63, 3.8) is 0 Å². The number of carbonyl (C=O) groups excluding carboxylic acids is 4. The lowest BCUT2D eigenvalue weighted by molar-refractivity contribution is -0.392. The number of rotatable bonds is 7. The Morgan fingerprint density at radius 2 is 1.58 bits per heavy atom. The minimum absolute atomic E-state index is 0.0117. The molecule has 3 fully saturated rings. The molecule has 286 valence electrons. The van der Waals surface area contributed by atoms with Gasteiger partial charge in [0.05, 0.1) is 61.0 Å². The number of phenolic OH excluding ortho intramolecular Hbond substituents is 1. The first kappa shape index (κ1) is 38.3. The third-order valence-electron chi connectivity index (χ3n) is 11.3. The lowest BCUT2D eigenvalue weighted by Crippen LogP contribution is -2.49. The topological polar surface area (TPSA) is 194 Å². The zero-order chi connectivity index (χ0) is 40.2. The van der Waals surface area contributed by atoms with E-state index in [0.717, 1.165) is 34.1 Å². The highest BCUT2D eigenvalue weighted by atomic mass is 79.9. The summed E-state index contributed by atoms with van der Waals surface area (Å²) in [5.41, 5.74) is -2.64. The number of hydrogen-bond acceptors (Lipinski definition) is 11. The van der Waals surface area contributed by atoms with Gasteiger partial charge in [-0.15, -0.1) is 0 Å². The molecule has 1 saturated carbocycles. The first-order valence-electron chi connectivity index (χ1n) is 16.7. The fraction of sp³-hybridized carbons (Fsp3) is 0.333. The van der Waals surface area contributed by atoms with E-state index in [1.807, 2.05) is 0 Å². The number of nitrogens with zero attached hydrogens (tertiary/aromatic N) is 5. The number of amides is 4. The lowest BCUT2D eigenvalue weighted by atomic mass is 9.51. The van der Waals surface area contributed by atoms with E-state index in [9.17, 15) is 48.9 Å². The number of nitro benzene ring substituents is 2. The summed E-state index contributed by atoms with van der Waals surface area (Å²) in [5, 5.41) is 34.8. The van der Waals surface area contributed by atoms with Crippen molar-refractivity contribution in [1.82, 2.24) is 0 Å². The van der Waals surface area contributed by atoms with Crippen molar-refractivity contribution in [3.05, 3.63) is 93.6 Å². The van der Waals surface area contributed by atoms with E-state index in [4.69, 9.17) is 16.3 Å². The van der Waals surface area contributed by atoms with Crippen LogP contribution in [0.4, 0.5) is 32.8 Å². The van der Waals surface area contributed by atoms with Gasteiger partial charge in [0.15, 0.2) is 17.2 Å². The summed E-state index contributed by atoms with van der Waals surface area (Å²) >= 11 is 13.0. The number of benzene rings is 3. The van der Waals surface area contributed by atoms with E-state index < -0.39 is 85.7 Å². The van der Waals surface area contributed by atoms with Crippen LogP contribution in [-0.2, 0) is 19.2 Å². The van der Waals surface area contributed by atoms with Gasteiger partial charge < -0.3 is 14.7 Å². The standard InChI is InChI=1S/C36H29Br2ClFN5O10/c1-36-20(33(48)43(35(36)50)14-5-8-22(40)21(39)9-14)12-18-16(27(36)19-13-25(55-4)31(46)29(38)28(19)37)6-7-17-26(18)34(49)42(32(17)47)15-10-23(44(51)52)30(41(2)3)24(11-15)45(53)54/h5-6,8-11,13,17-18,20,26-27,46H,7,12H2,1-4H3. The maximum Gasteiger partial charge on any atom is 0.301 e. The Balaban J connectivity index is 1.40. The van der Waals surface area contributed by atoms with Gasteiger partial charge in [-0.25, -0.2) is 14.2 Å². The number of ether oxygens (including phenoxy) is 1. The summed E-state index contributed by atoms with van der Waals surface area (Å²) in [5.74, 6) is -8.88. The number of methoxy groups -OCH3 is 1. The molecule has 6 unspecified atom stereocenters. The van der Waals surface area contributed by atoms with Gasteiger partial charge in [0.25, 0.3) is 0 Å². The zero-order valence-electron chi connectivity index (χ0n) is 29.2. The molecule has 0 aromatic heterocycles. The molecule has 3 aromatic carbocycles. The number of anilines is 3. The van der Waals surface area contributed by atoms with Gasteiger partial charge in [-0.1, -0.05) is 23.3 Å².